The van der Waals surface area contributed by atoms with E-state index < -0.39 is 5.97 Å². The zero-order chi connectivity index (χ0) is 24.8. The second kappa shape index (κ2) is 11.6. The minimum Gasteiger partial charge on any atom is -0.461 e. The molecular formula is C24H18Cl3N5O2S. The summed E-state index contributed by atoms with van der Waals surface area (Å²) in [5.41, 5.74) is 4.91. The van der Waals surface area contributed by atoms with Crippen LogP contribution in [0.15, 0.2) is 83.1 Å². The van der Waals surface area contributed by atoms with E-state index in [0.29, 0.717) is 37.3 Å². The molecule has 0 amide bonds. The number of esters is 1. The van der Waals surface area contributed by atoms with E-state index in [2.05, 4.69) is 20.7 Å². The van der Waals surface area contributed by atoms with Crippen LogP contribution < -0.4 is 5.43 Å². The van der Waals surface area contributed by atoms with Crippen molar-refractivity contribution in [3.05, 3.63) is 87.9 Å². The molecule has 0 radical (unpaired) electrons. The van der Waals surface area contributed by atoms with Gasteiger partial charge in [-0.2, -0.15) is 5.10 Å². The minimum atomic E-state index is -0.604. The average molecular weight is 547 g/mol. The zero-order valence-electron chi connectivity index (χ0n) is 18.3. The lowest BCUT2D eigenvalue weighted by atomic mass is 10.2. The number of carbonyl (C=O) groups is 1. The molecule has 1 aromatic heterocycles. The molecule has 0 aliphatic rings. The van der Waals surface area contributed by atoms with Crippen molar-refractivity contribution >= 4 is 63.3 Å². The van der Waals surface area contributed by atoms with Gasteiger partial charge in [-0.3, -0.25) is 9.99 Å². The third-order valence-electron chi connectivity index (χ3n) is 4.59. The monoisotopic (exact) mass is 545 g/mol. The lowest BCUT2D eigenvalue weighted by Crippen LogP contribution is -2.17. The number of hydrogen-bond donors (Lipinski definition) is 1. The van der Waals surface area contributed by atoms with Crippen molar-refractivity contribution in [2.75, 3.05) is 12.0 Å². The normalized spacial score (nSPS) is 11.4. The van der Waals surface area contributed by atoms with Gasteiger partial charge in [0, 0.05) is 21.3 Å². The highest BCUT2D eigenvalue weighted by Gasteiger charge is 2.23. The average Bonchev–Trinajstić information content (AvgIpc) is 3.26. The van der Waals surface area contributed by atoms with Crippen LogP contribution in [0.2, 0.25) is 15.1 Å². The maximum Gasteiger partial charge on any atom is 0.365 e. The van der Waals surface area contributed by atoms with Gasteiger partial charge in [-0.1, -0.05) is 53.0 Å². The van der Waals surface area contributed by atoms with Crippen LogP contribution in [0.5, 0.6) is 0 Å². The molecule has 4 aromatic rings. The molecule has 4 rings (SSSR count). The first kappa shape index (κ1) is 25.1. The molecule has 11 heteroatoms. The fourth-order valence-electron chi connectivity index (χ4n) is 3.02. The number of carbonyl (C=O) groups excluding carboxylic acids is 1. The molecule has 0 aliphatic carbocycles. The van der Waals surface area contributed by atoms with Crippen LogP contribution >= 0.6 is 46.6 Å². The van der Waals surface area contributed by atoms with Gasteiger partial charge in [-0.25, -0.2) is 4.79 Å². The molecule has 7 nitrogen and oxygen atoms in total. The first-order valence-electron chi connectivity index (χ1n) is 10.4. The molecule has 3 aromatic carbocycles. The second-order valence-electron chi connectivity index (χ2n) is 6.96. The van der Waals surface area contributed by atoms with E-state index in [1.54, 1.807) is 54.0 Å². The SMILES string of the molecule is CCOC(=O)/C(=N/Nc1ccc(Cl)cc1)Sc1nnc(-c2ccc(Cl)cc2Cl)n1-c1ccccc1. The fraction of sp³-hybridized carbons (Fsp3) is 0.0833. The summed E-state index contributed by atoms with van der Waals surface area (Å²) in [5, 5.41) is 14.9. The summed E-state index contributed by atoms with van der Waals surface area (Å²) in [4.78, 5) is 12.7. The van der Waals surface area contributed by atoms with Gasteiger partial charge in [0.05, 0.1) is 17.3 Å². The first-order valence-corrected chi connectivity index (χ1v) is 12.3. The van der Waals surface area contributed by atoms with Gasteiger partial charge in [0.15, 0.2) is 5.82 Å². The molecule has 0 saturated heterocycles. The predicted molar refractivity (Wildman–Crippen MR) is 142 cm³/mol. The molecule has 178 valence electrons. The van der Waals surface area contributed by atoms with Crippen LogP contribution in [0.4, 0.5) is 5.69 Å². The number of aromatic nitrogens is 3. The van der Waals surface area contributed by atoms with Crippen LogP contribution in [-0.4, -0.2) is 32.4 Å². The highest BCUT2D eigenvalue weighted by Crippen LogP contribution is 2.34. The third-order valence-corrected chi connectivity index (χ3v) is 6.29. The Morgan fingerprint density at radius 2 is 1.71 bits per heavy atom. The number of nitrogens with one attached hydrogen (secondary N) is 1. The molecule has 0 fully saturated rings. The highest BCUT2D eigenvalue weighted by molar-refractivity contribution is 8.15. The smallest absolute Gasteiger partial charge is 0.365 e. The molecule has 35 heavy (non-hydrogen) atoms. The lowest BCUT2D eigenvalue weighted by molar-refractivity contribution is -0.134. The Morgan fingerprint density at radius 1 is 1.00 bits per heavy atom. The number of halogens is 3. The fourth-order valence-corrected chi connectivity index (χ4v) is 4.41. The summed E-state index contributed by atoms with van der Waals surface area (Å²) in [6.45, 7) is 1.91. The van der Waals surface area contributed by atoms with Gasteiger partial charge >= 0.3 is 5.97 Å². The van der Waals surface area contributed by atoms with Crippen LogP contribution in [0.25, 0.3) is 17.1 Å². The number of nitrogens with zero attached hydrogens (tertiary/aromatic N) is 4. The third kappa shape index (κ3) is 6.15. The van der Waals surface area contributed by atoms with Crippen molar-refractivity contribution < 1.29 is 9.53 Å². The molecular weight excluding hydrogens is 529 g/mol. The van der Waals surface area contributed by atoms with Crippen molar-refractivity contribution in [3.8, 4) is 17.1 Å². The number of anilines is 1. The van der Waals surface area contributed by atoms with Crippen LogP contribution in [0.1, 0.15) is 6.92 Å². The summed E-state index contributed by atoms with van der Waals surface area (Å²) < 4.78 is 7.00. The minimum absolute atomic E-state index is 0.0418. The van der Waals surface area contributed by atoms with Gasteiger partial charge in [-0.05, 0) is 73.3 Å². The first-order chi connectivity index (χ1) is 17.0. The summed E-state index contributed by atoms with van der Waals surface area (Å²) >= 11 is 19.5. The van der Waals surface area contributed by atoms with Crippen molar-refractivity contribution in [2.45, 2.75) is 12.1 Å². The molecule has 0 atom stereocenters. The summed E-state index contributed by atoms with van der Waals surface area (Å²) in [5.74, 6) is -0.123. The maximum absolute atomic E-state index is 12.7. The molecule has 0 bridgehead atoms. The van der Waals surface area contributed by atoms with E-state index in [9.17, 15) is 4.79 Å². The van der Waals surface area contributed by atoms with Crippen LogP contribution in [0.3, 0.4) is 0 Å². The van der Waals surface area contributed by atoms with E-state index in [0.717, 1.165) is 17.4 Å². The summed E-state index contributed by atoms with van der Waals surface area (Å²) in [6.07, 6.45) is 0. The highest BCUT2D eigenvalue weighted by atomic mass is 35.5. The van der Waals surface area contributed by atoms with E-state index >= 15 is 0 Å². The van der Waals surface area contributed by atoms with Crippen LogP contribution in [0, 0.1) is 0 Å². The van der Waals surface area contributed by atoms with Gasteiger partial charge in [0.1, 0.15) is 0 Å². The van der Waals surface area contributed by atoms with E-state index in [1.807, 2.05) is 30.3 Å². The predicted octanol–water partition coefficient (Wildman–Crippen LogP) is 6.98. The van der Waals surface area contributed by atoms with Gasteiger partial charge < -0.3 is 4.74 Å². The molecule has 0 unspecified atom stereocenters. The van der Waals surface area contributed by atoms with Gasteiger partial charge in [0.2, 0.25) is 10.2 Å². The van der Waals surface area contributed by atoms with Gasteiger partial charge in [0.25, 0.3) is 0 Å². The van der Waals surface area contributed by atoms with Gasteiger partial charge in [-0.15, -0.1) is 10.2 Å². The lowest BCUT2D eigenvalue weighted by Gasteiger charge is -2.12. The Balaban J connectivity index is 1.76. The second-order valence-corrected chi connectivity index (χ2v) is 9.20. The van der Waals surface area contributed by atoms with Crippen molar-refractivity contribution in [1.29, 1.82) is 0 Å². The maximum atomic E-state index is 12.7. The summed E-state index contributed by atoms with van der Waals surface area (Å²) in [6, 6.07) is 21.5. The quantitative estimate of drug-likeness (QED) is 0.0924. The number of ether oxygens (including phenoxy) is 1. The Hall–Kier alpha value is -3.04. The van der Waals surface area contributed by atoms with Crippen molar-refractivity contribution in [1.82, 2.24) is 14.8 Å². The topological polar surface area (TPSA) is 81.4 Å². The molecule has 0 aliphatic heterocycles. The Kier molecular flexibility index (Phi) is 8.30. The molecule has 0 spiro atoms. The van der Waals surface area contributed by atoms with Crippen molar-refractivity contribution in [3.63, 3.8) is 0 Å². The van der Waals surface area contributed by atoms with Crippen molar-refractivity contribution in [2.24, 2.45) is 5.10 Å². The molecule has 1 heterocycles. The number of hydrazone groups is 1. The summed E-state index contributed by atoms with van der Waals surface area (Å²) in [7, 11) is 0. The standard InChI is InChI=1S/C24H18Cl3N5O2S/c1-2-34-23(33)22(30-28-17-11-8-15(25)9-12-17)35-24-31-29-21(19-13-10-16(26)14-20(19)27)32(24)18-6-4-3-5-7-18/h3-14,28H,2H2,1H3/b30-22-. The van der Waals surface area contributed by atoms with E-state index in [4.69, 9.17) is 39.5 Å². The zero-order valence-corrected chi connectivity index (χ0v) is 21.4. The Morgan fingerprint density at radius 3 is 2.40 bits per heavy atom. The number of benzene rings is 3. The number of rotatable bonds is 6. The van der Waals surface area contributed by atoms with Crippen LogP contribution in [-0.2, 0) is 9.53 Å². The largest absolute Gasteiger partial charge is 0.461 e. The molecule has 0 saturated carbocycles. The molecule has 1 N–H and O–H groups in total. The van der Waals surface area contributed by atoms with E-state index in [-0.39, 0.29) is 11.7 Å². The van der Waals surface area contributed by atoms with E-state index in [1.165, 1.54) is 0 Å². The number of thioether (sulfide) groups is 1. The Labute approximate surface area is 221 Å². The number of hydrogen-bond acceptors (Lipinski definition) is 7. The number of para-hydroxylation sites is 1. The Bertz CT molecular complexity index is 1360.